The second kappa shape index (κ2) is 6.83. The normalized spacial score (nSPS) is 10.9. The Bertz CT molecular complexity index is 1120. The van der Waals surface area contributed by atoms with Crippen LogP contribution in [0.5, 0.6) is 0 Å². The largest absolute Gasteiger partial charge is 0.453 e. The molecule has 8 nitrogen and oxygen atoms in total. The predicted octanol–water partition coefficient (Wildman–Crippen LogP) is 2.46. The van der Waals surface area contributed by atoms with Crippen molar-refractivity contribution in [2.24, 2.45) is 0 Å². The van der Waals surface area contributed by atoms with Crippen LogP contribution in [0.3, 0.4) is 0 Å². The Kier molecular flexibility index (Phi) is 4.21. The minimum Gasteiger partial charge on any atom is -0.453 e. The van der Waals surface area contributed by atoms with Crippen LogP contribution in [-0.4, -0.2) is 30.9 Å². The van der Waals surface area contributed by atoms with Crippen molar-refractivity contribution in [3.63, 3.8) is 0 Å². The molecule has 27 heavy (non-hydrogen) atoms. The van der Waals surface area contributed by atoms with Crippen LogP contribution in [0.25, 0.3) is 16.6 Å². The minimum absolute atomic E-state index is 0.106. The van der Waals surface area contributed by atoms with E-state index in [1.165, 1.54) is 4.80 Å². The summed E-state index contributed by atoms with van der Waals surface area (Å²) in [4.78, 5) is 22.4. The lowest BCUT2D eigenvalue weighted by atomic mass is 10.2. The summed E-state index contributed by atoms with van der Waals surface area (Å²) in [5.74, 6) is 0.0792. The predicted molar refractivity (Wildman–Crippen MR) is 99.2 cm³/mol. The van der Waals surface area contributed by atoms with E-state index >= 15 is 0 Å². The lowest BCUT2D eigenvalue weighted by Crippen LogP contribution is -2.10. The van der Waals surface area contributed by atoms with Gasteiger partial charge in [-0.15, -0.1) is 5.10 Å². The Morgan fingerprint density at radius 3 is 2.59 bits per heavy atom. The van der Waals surface area contributed by atoms with E-state index in [0.29, 0.717) is 22.9 Å². The van der Waals surface area contributed by atoms with Gasteiger partial charge in [0.15, 0.2) is 18.1 Å². The Labute approximate surface area is 154 Å². The highest BCUT2D eigenvalue weighted by Crippen LogP contribution is 2.17. The maximum atomic E-state index is 12.4. The average molecular weight is 360 g/mol. The highest BCUT2D eigenvalue weighted by Gasteiger charge is 2.18. The van der Waals surface area contributed by atoms with E-state index < -0.39 is 5.97 Å². The summed E-state index contributed by atoms with van der Waals surface area (Å²) in [7, 11) is 0. The topological polar surface area (TPSA) is 109 Å². The summed E-state index contributed by atoms with van der Waals surface area (Å²) in [6, 6.07) is 16.7. The second-order valence-electron chi connectivity index (χ2n) is 5.88. The van der Waals surface area contributed by atoms with Crippen LogP contribution < -0.4 is 5.73 Å². The van der Waals surface area contributed by atoms with Crippen molar-refractivity contribution in [1.82, 2.24) is 25.0 Å². The number of anilines is 1. The number of carbonyl (C=O) groups excluding carboxylic acids is 1. The third-order valence-electron chi connectivity index (χ3n) is 3.97. The van der Waals surface area contributed by atoms with E-state index in [4.69, 9.17) is 10.5 Å². The lowest BCUT2D eigenvalue weighted by Gasteiger charge is -2.06. The molecule has 0 aliphatic rings. The fraction of sp³-hybridized carbons (Fsp3) is 0.105. The van der Waals surface area contributed by atoms with Crippen molar-refractivity contribution >= 4 is 22.7 Å². The van der Waals surface area contributed by atoms with Crippen molar-refractivity contribution in [3.8, 4) is 5.69 Å². The number of rotatable bonds is 4. The van der Waals surface area contributed by atoms with Crippen LogP contribution in [-0.2, 0) is 11.3 Å². The molecule has 0 saturated heterocycles. The lowest BCUT2D eigenvalue weighted by molar-refractivity contribution is 0.0454. The summed E-state index contributed by atoms with van der Waals surface area (Å²) in [6.45, 7) is 1.60. The molecule has 0 aliphatic carbocycles. The number of nitrogens with zero attached hydrogens (tertiary/aromatic N) is 5. The number of nitrogen functional groups attached to an aromatic ring is 1. The molecule has 0 aliphatic heterocycles. The molecule has 2 heterocycles. The quantitative estimate of drug-likeness (QED) is 0.557. The zero-order valence-corrected chi connectivity index (χ0v) is 14.5. The van der Waals surface area contributed by atoms with E-state index in [1.807, 2.05) is 54.6 Å². The van der Waals surface area contributed by atoms with Crippen molar-refractivity contribution in [1.29, 1.82) is 0 Å². The van der Waals surface area contributed by atoms with Gasteiger partial charge in [0, 0.05) is 5.39 Å². The second-order valence-corrected chi connectivity index (χ2v) is 5.88. The molecule has 0 radical (unpaired) electrons. The molecule has 0 fully saturated rings. The number of esters is 1. The number of aromatic nitrogens is 5. The van der Waals surface area contributed by atoms with E-state index in [2.05, 4.69) is 20.2 Å². The van der Waals surface area contributed by atoms with Crippen molar-refractivity contribution in [2.75, 3.05) is 5.73 Å². The van der Waals surface area contributed by atoms with Crippen LogP contribution in [0.2, 0.25) is 0 Å². The first-order valence-corrected chi connectivity index (χ1v) is 8.29. The molecule has 0 bridgehead atoms. The summed E-state index contributed by atoms with van der Waals surface area (Å²) in [5, 5.41) is 9.25. The fourth-order valence-corrected chi connectivity index (χ4v) is 2.66. The first kappa shape index (κ1) is 16.6. The zero-order valence-electron chi connectivity index (χ0n) is 14.5. The Morgan fingerprint density at radius 1 is 1.04 bits per heavy atom. The van der Waals surface area contributed by atoms with Gasteiger partial charge in [0.1, 0.15) is 5.82 Å². The number of carbonyl (C=O) groups is 1. The fourth-order valence-electron chi connectivity index (χ4n) is 2.66. The Balaban J connectivity index is 1.53. The van der Waals surface area contributed by atoms with E-state index in [-0.39, 0.29) is 12.3 Å². The molecule has 0 atom stereocenters. The van der Waals surface area contributed by atoms with Crippen LogP contribution in [0.4, 0.5) is 5.82 Å². The third-order valence-corrected chi connectivity index (χ3v) is 3.97. The first-order valence-electron chi connectivity index (χ1n) is 8.29. The minimum atomic E-state index is -0.593. The number of para-hydroxylation sites is 2. The SMILES string of the molecule is Cc1nn(-c2ccccc2)nc1C(=O)OCc1nc(N)c2ccccc2n1. The molecule has 134 valence electrons. The van der Waals surface area contributed by atoms with Gasteiger partial charge >= 0.3 is 5.97 Å². The third kappa shape index (κ3) is 3.32. The van der Waals surface area contributed by atoms with E-state index in [1.54, 1.807) is 6.92 Å². The molecule has 8 heteroatoms. The molecule has 0 unspecified atom stereocenters. The van der Waals surface area contributed by atoms with E-state index in [0.717, 1.165) is 11.1 Å². The summed E-state index contributed by atoms with van der Waals surface area (Å²) < 4.78 is 5.31. The van der Waals surface area contributed by atoms with Gasteiger partial charge in [0.25, 0.3) is 0 Å². The maximum absolute atomic E-state index is 12.4. The molecule has 0 spiro atoms. The molecule has 2 N–H and O–H groups in total. The summed E-state index contributed by atoms with van der Waals surface area (Å²) >= 11 is 0. The number of hydrogen-bond acceptors (Lipinski definition) is 7. The molecule has 2 aromatic heterocycles. The number of ether oxygens (including phenoxy) is 1. The van der Waals surface area contributed by atoms with Gasteiger partial charge in [-0.3, -0.25) is 0 Å². The van der Waals surface area contributed by atoms with Crippen molar-refractivity contribution in [3.05, 3.63) is 71.8 Å². The van der Waals surface area contributed by atoms with E-state index in [9.17, 15) is 4.79 Å². The first-order chi connectivity index (χ1) is 13.1. The summed E-state index contributed by atoms with van der Waals surface area (Å²) in [5.41, 5.74) is 8.02. The van der Waals surface area contributed by atoms with Gasteiger partial charge in [0.05, 0.1) is 16.9 Å². The smallest absolute Gasteiger partial charge is 0.361 e. The highest BCUT2D eigenvalue weighted by molar-refractivity contribution is 5.89. The van der Waals surface area contributed by atoms with Gasteiger partial charge in [-0.1, -0.05) is 30.3 Å². The standard InChI is InChI=1S/C19H16N6O2/c1-12-17(24-25(23-12)13-7-3-2-4-8-13)19(26)27-11-16-21-15-10-6-5-9-14(15)18(20)22-16/h2-10H,11H2,1H3,(H2,20,21,22). The van der Waals surface area contributed by atoms with Gasteiger partial charge < -0.3 is 10.5 Å². The van der Waals surface area contributed by atoms with Gasteiger partial charge in [0.2, 0.25) is 0 Å². The van der Waals surface area contributed by atoms with Gasteiger partial charge in [-0.05, 0) is 31.2 Å². The van der Waals surface area contributed by atoms with Gasteiger partial charge in [-0.2, -0.15) is 9.90 Å². The monoisotopic (exact) mass is 360 g/mol. The number of fused-ring (bicyclic) bond motifs is 1. The van der Waals surface area contributed by atoms with Crippen LogP contribution in [0.1, 0.15) is 22.0 Å². The van der Waals surface area contributed by atoms with Crippen molar-refractivity contribution < 1.29 is 9.53 Å². The Hall–Kier alpha value is -3.81. The van der Waals surface area contributed by atoms with Crippen LogP contribution in [0, 0.1) is 6.92 Å². The number of aryl methyl sites for hydroxylation is 1. The van der Waals surface area contributed by atoms with Crippen molar-refractivity contribution in [2.45, 2.75) is 13.5 Å². The molecule has 0 amide bonds. The zero-order chi connectivity index (χ0) is 18.8. The molecular weight excluding hydrogens is 344 g/mol. The van der Waals surface area contributed by atoms with Crippen LogP contribution in [0.15, 0.2) is 54.6 Å². The summed E-state index contributed by atoms with van der Waals surface area (Å²) in [6.07, 6.45) is 0. The van der Waals surface area contributed by atoms with Gasteiger partial charge in [-0.25, -0.2) is 14.8 Å². The molecular formula is C19H16N6O2. The molecule has 4 rings (SSSR count). The number of hydrogen-bond donors (Lipinski definition) is 1. The molecule has 2 aromatic carbocycles. The Morgan fingerprint density at radius 2 is 1.78 bits per heavy atom. The molecule has 4 aromatic rings. The average Bonchev–Trinajstić information content (AvgIpc) is 3.09. The number of nitrogens with two attached hydrogens (primary N) is 1. The van der Waals surface area contributed by atoms with Crippen LogP contribution >= 0.6 is 0 Å². The maximum Gasteiger partial charge on any atom is 0.361 e. The molecule has 0 saturated carbocycles. The highest BCUT2D eigenvalue weighted by atomic mass is 16.5. The number of benzene rings is 2.